The Morgan fingerprint density at radius 3 is 1.88 bits per heavy atom. The molecule has 1 saturated heterocycles. The lowest BCUT2D eigenvalue weighted by atomic mass is 10.1. The van der Waals surface area contributed by atoms with Crippen LogP contribution in [-0.4, -0.2) is 38.0 Å². The predicted molar refractivity (Wildman–Crippen MR) is 107 cm³/mol. The van der Waals surface area contributed by atoms with Crippen molar-refractivity contribution in [2.24, 2.45) is 0 Å². The third-order valence-electron chi connectivity index (χ3n) is 5.57. The molecule has 2 aromatic rings. The van der Waals surface area contributed by atoms with E-state index in [1.165, 1.54) is 10.4 Å². The Morgan fingerprint density at radius 2 is 1.54 bits per heavy atom. The Kier molecular flexibility index (Phi) is 4.95. The highest BCUT2D eigenvalue weighted by atomic mass is 28.3. The number of ether oxygens (including phenoxy) is 1. The molecule has 1 heterocycles. The number of benzene rings is 2. The van der Waals surface area contributed by atoms with Gasteiger partial charge in [0.25, 0.3) is 0 Å². The molecule has 1 fully saturated rings. The highest BCUT2D eigenvalue weighted by Gasteiger charge is 2.54. The molecule has 0 saturated carbocycles. The SMILES string of the molecule is CC(C)(C)[Si](C[C@@]1(CO)COC(=O)N1)(c1ccccc1)c1ccccc1. The van der Waals surface area contributed by atoms with Gasteiger partial charge in [-0.1, -0.05) is 91.8 Å². The number of amides is 1. The maximum atomic E-state index is 11.8. The molecule has 0 spiro atoms. The van der Waals surface area contributed by atoms with Gasteiger partial charge in [-0.05, 0) is 11.1 Å². The van der Waals surface area contributed by atoms with Gasteiger partial charge in [-0.25, -0.2) is 4.79 Å². The zero-order valence-electron chi connectivity index (χ0n) is 15.7. The van der Waals surface area contributed by atoms with Gasteiger partial charge in [-0.2, -0.15) is 0 Å². The van der Waals surface area contributed by atoms with Crippen LogP contribution in [0, 0.1) is 0 Å². The van der Waals surface area contributed by atoms with Crippen LogP contribution in [-0.2, 0) is 4.74 Å². The van der Waals surface area contributed by atoms with E-state index in [0.29, 0.717) is 6.04 Å². The summed E-state index contributed by atoms with van der Waals surface area (Å²) in [5, 5.41) is 15.7. The molecule has 0 aliphatic carbocycles. The predicted octanol–water partition coefficient (Wildman–Crippen LogP) is 2.52. The monoisotopic (exact) mass is 369 g/mol. The minimum Gasteiger partial charge on any atom is -0.447 e. The fraction of sp³-hybridized carbons (Fsp3) is 0.381. The van der Waals surface area contributed by atoms with E-state index >= 15 is 0 Å². The van der Waals surface area contributed by atoms with Crippen LogP contribution in [0.1, 0.15) is 20.8 Å². The van der Waals surface area contributed by atoms with E-state index in [0.717, 1.165) is 0 Å². The van der Waals surface area contributed by atoms with Gasteiger partial charge in [0.2, 0.25) is 0 Å². The standard InChI is InChI=1S/C21H27NO3Si/c1-20(2,3)26(17-10-6-4-7-11-17,18-12-8-5-9-13-18)16-21(14-23)15-25-19(24)22-21/h4-13,23H,14-16H2,1-3H3,(H,22,24)/t21-/m1/s1. The van der Waals surface area contributed by atoms with Crippen LogP contribution >= 0.6 is 0 Å². The molecule has 1 atom stereocenters. The van der Waals surface area contributed by atoms with Crippen LogP contribution in [0.2, 0.25) is 11.1 Å². The van der Waals surface area contributed by atoms with Gasteiger partial charge in [0, 0.05) is 0 Å². The van der Waals surface area contributed by atoms with E-state index in [-0.39, 0.29) is 18.3 Å². The molecule has 4 nitrogen and oxygen atoms in total. The van der Waals surface area contributed by atoms with Crippen molar-refractivity contribution in [2.75, 3.05) is 13.2 Å². The highest BCUT2D eigenvalue weighted by Crippen LogP contribution is 2.42. The van der Waals surface area contributed by atoms with Crippen molar-refractivity contribution in [3.63, 3.8) is 0 Å². The van der Waals surface area contributed by atoms with E-state index in [1.807, 2.05) is 12.1 Å². The van der Waals surface area contributed by atoms with Crippen molar-refractivity contribution >= 4 is 24.5 Å². The minimum atomic E-state index is -2.39. The van der Waals surface area contributed by atoms with Gasteiger partial charge < -0.3 is 15.2 Å². The average Bonchev–Trinajstić information content (AvgIpc) is 3.01. The van der Waals surface area contributed by atoms with Gasteiger partial charge in [-0.15, -0.1) is 0 Å². The lowest BCUT2D eigenvalue weighted by molar-refractivity contribution is 0.153. The third-order valence-corrected chi connectivity index (χ3v) is 12.0. The van der Waals surface area contributed by atoms with Gasteiger partial charge >= 0.3 is 6.09 Å². The zero-order valence-corrected chi connectivity index (χ0v) is 16.7. The number of nitrogens with one attached hydrogen (secondary N) is 1. The van der Waals surface area contributed by atoms with Gasteiger partial charge in [0.15, 0.2) is 0 Å². The Balaban J connectivity index is 2.23. The first kappa shape index (κ1) is 18.7. The van der Waals surface area contributed by atoms with Crippen molar-refractivity contribution in [3.8, 4) is 0 Å². The van der Waals surface area contributed by atoms with E-state index in [1.54, 1.807) is 0 Å². The third kappa shape index (κ3) is 3.17. The molecule has 138 valence electrons. The fourth-order valence-corrected chi connectivity index (χ4v) is 10.0. The summed E-state index contributed by atoms with van der Waals surface area (Å²) in [6, 6.07) is 21.8. The Bertz CT molecular complexity index is 718. The van der Waals surface area contributed by atoms with E-state index in [9.17, 15) is 9.90 Å². The summed E-state index contributed by atoms with van der Waals surface area (Å²) in [4.78, 5) is 11.8. The summed E-state index contributed by atoms with van der Waals surface area (Å²) >= 11 is 0. The zero-order chi connectivity index (χ0) is 18.8. The number of alkyl carbamates (subject to hydrolysis) is 1. The molecule has 26 heavy (non-hydrogen) atoms. The molecular weight excluding hydrogens is 342 g/mol. The first-order valence-electron chi connectivity index (χ1n) is 9.00. The maximum absolute atomic E-state index is 11.8. The largest absolute Gasteiger partial charge is 0.447 e. The lowest BCUT2D eigenvalue weighted by Crippen LogP contribution is -2.69. The van der Waals surface area contributed by atoms with E-state index in [2.05, 4.69) is 74.6 Å². The lowest BCUT2D eigenvalue weighted by Gasteiger charge is -2.47. The van der Waals surface area contributed by atoms with Crippen molar-refractivity contribution in [1.29, 1.82) is 0 Å². The summed E-state index contributed by atoms with van der Waals surface area (Å²) in [7, 11) is -2.39. The normalized spacial score (nSPS) is 20.5. The second kappa shape index (κ2) is 6.89. The second-order valence-electron chi connectivity index (χ2n) is 8.20. The number of hydrogen-bond acceptors (Lipinski definition) is 3. The first-order chi connectivity index (χ1) is 12.3. The average molecular weight is 370 g/mol. The molecular formula is C21H27NO3Si. The van der Waals surface area contributed by atoms with Crippen molar-refractivity contribution < 1.29 is 14.6 Å². The summed E-state index contributed by atoms with van der Waals surface area (Å²) in [6.07, 6.45) is -0.447. The quantitative estimate of drug-likeness (QED) is 0.796. The summed E-state index contributed by atoms with van der Waals surface area (Å²) < 4.78 is 5.20. The van der Waals surface area contributed by atoms with Gasteiger partial charge in [-0.3, -0.25) is 0 Å². The maximum Gasteiger partial charge on any atom is 0.407 e. The molecule has 0 unspecified atom stereocenters. The summed E-state index contributed by atoms with van der Waals surface area (Å²) in [6.45, 7) is 6.86. The van der Waals surface area contributed by atoms with Crippen molar-refractivity contribution in [1.82, 2.24) is 5.32 Å². The smallest absolute Gasteiger partial charge is 0.407 e. The molecule has 3 rings (SSSR count). The van der Waals surface area contributed by atoms with Crippen molar-refractivity contribution in [2.45, 2.75) is 37.4 Å². The number of hydrogen-bond donors (Lipinski definition) is 2. The molecule has 0 bridgehead atoms. The van der Waals surface area contributed by atoms with Crippen LogP contribution in [0.4, 0.5) is 4.79 Å². The van der Waals surface area contributed by atoms with Crippen LogP contribution < -0.4 is 15.7 Å². The fourth-order valence-electron chi connectivity index (χ4n) is 4.18. The number of carbonyl (C=O) groups is 1. The number of aliphatic hydroxyl groups excluding tert-OH is 1. The highest BCUT2D eigenvalue weighted by molar-refractivity contribution is 7.04. The number of cyclic esters (lactones) is 1. The van der Waals surface area contributed by atoms with Crippen LogP contribution in [0.5, 0.6) is 0 Å². The van der Waals surface area contributed by atoms with Crippen molar-refractivity contribution in [3.05, 3.63) is 60.7 Å². The van der Waals surface area contributed by atoms with Gasteiger partial charge in [0.1, 0.15) is 14.7 Å². The van der Waals surface area contributed by atoms with Crippen LogP contribution in [0.3, 0.4) is 0 Å². The Labute approximate surface area is 156 Å². The molecule has 0 aromatic heterocycles. The number of carbonyl (C=O) groups excluding carboxylic acids is 1. The molecule has 1 aliphatic rings. The van der Waals surface area contributed by atoms with E-state index in [4.69, 9.17) is 4.74 Å². The Morgan fingerprint density at radius 1 is 1.04 bits per heavy atom. The van der Waals surface area contributed by atoms with Crippen LogP contribution in [0.25, 0.3) is 0 Å². The Hall–Kier alpha value is -2.11. The minimum absolute atomic E-state index is 0.0365. The van der Waals surface area contributed by atoms with Crippen LogP contribution in [0.15, 0.2) is 60.7 Å². The summed E-state index contributed by atoms with van der Waals surface area (Å²) in [5.41, 5.74) is -0.748. The number of rotatable bonds is 5. The molecule has 1 amide bonds. The molecule has 2 N–H and O–H groups in total. The molecule has 2 aromatic carbocycles. The van der Waals surface area contributed by atoms with Gasteiger partial charge in [0.05, 0.1) is 12.1 Å². The summed E-state index contributed by atoms with van der Waals surface area (Å²) in [5.74, 6) is 0. The number of aliphatic hydroxyl groups is 1. The van der Waals surface area contributed by atoms with E-state index < -0.39 is 19.7 Å². The molecule has 5 heteroatoms. The molecule has 1 aliphatic heterocycles. The molecule has 0 radical (unpaired) electrons. The topological polar surface area (TPSA) is 58.6 Å². The first-order valence-corrected chi connectivity index (χ1v) is 11.2. The second-order valence-corrected chi connectivity index (χ2v) is 13.0.